The third-order valence-electron chi connectivity index (χ3n) is 13.2. The molecule has 3 saturated carbocycles. The van der Waals surface area contributed by atoms with E-state index in [1.54, 1.807) is 6.92 Å². The van der Waals surface area contributed by atoms with Crippen molar-refractivity contribution in [2.75, 3.05) is 13.2 Å². The van der Waals surface area contributed by atoms with Crippen molar-refractivity contribution in [3.63, 3.8) is 0 Å². The highest BCUT2D eigenvalue weighted by Crippen LogP contribution is 2.67. The van der Waals surface area contributed by atoms with Gasteiger partial charge < -0.3 is 34.6 Å². The lowest BCUT2D eigenvalue weighted by Crippen LogP contribution is -2.60. The zero-order valence-electron chi connectivity index (χ0n) is 27.2. The predicted molar refractivity (Wildman–Crippen MR) is 165 cm³/mol. The number of allylic oxidation sites excluding steroid dienone is 1. The summed E-state index contributed by atoms with van der Waals surface area (Å²) < 4.78 is 18.0. The minimum Gasteiger partial charge on any atom is -0.462 e. The van der Waals surface area contributed by atoms with Crippen molar-refractivity contribution >= 4 is 11.7 Å². The summed E-state index contributed by atoms with van der Waals surface area (Å²) in [5.74, 6) is 2.62. The average molecular weight is 618 g/mol. The van der Waals surface area contributed by atoms with Gasteiger partial charge in [0.25, 0.3) is 0 Å². The van der Waals surface area contributed by atoms with Gasteiger partial charge in [0, 0.05) is 31.0 Å². The Kier molecular flexibility index (Phi) is 9.14. The molecule has 4 aliphatic carbocycles. The molecule has 0 aromatic carbocycles. The summed E-state index contributed by atoms with van der Waals surface area (Å²) in [5, 5.41) is 40.5. The van der Waals surface area contributed by atoms with E-state index in [-0.39, 0.29) is 34.9 Å². The second kappa shape index (κ2) is 12.3. The summed E-state index contributed by atoms with van der Waals surface area (Å²) in [6, 6.07) is 0. The normalized spacial score (nSPS) is 49.6. The molecule has 0 spiro atoms. The second-order valence-electron chi connectivity index (χ2n) is 15.7. The van der Waals surface area contributed by atoms with E-state index in [9.17, 15) is 25.2 Å². The lowest BCUT2D eigenvalue weighted by Gasteiger charge is -2.58. The van der Waals surface area contributed by atoms with Gasteiger partial charge in [-0.1, -0.05) is 39.3 Å². The van der Waals surface area contributed by atoms with Crippen LogP contribution in [0.25, 0.3) is 0 Å². The van der Waals surface area contributed by atoms with Crippen LogP contribution in [0.15, 0.2) is 16.6 Å². The molecule has 0 bridgehead atoms. The molecular formula is C35H55NO8. The zero-order valence-corrected chi connectivity index (χ0v) is 27.2. The minimum atomic E-state index is -1.44. The number of ether oxygens (including phenoxy) is 3. The van der Waals surface area contributed by atoms with Crippen molar-refractivity contribution < 1.29 is 39.4 Å². The van der Waals surface area contributed by atoms with Crippen LogP contribution in [-0.2, 0) is 19.0 Å². The molecule has 9 nitrogen and oxygen atoms in total. The fourth-order valence-electron chi connectivity index (χ4n) is 10.8. The van der Waals surface area contributed by atoms with Crippen molar-refractivity contribution in [3.05, 3.63) is 11.6 Å². The minimum absolute atomic E-state index is 0.0592. The van der Waals surface area contributed by atoms with Gasteiger partial charge in [0.2, 0.25) is 0 Å². The summed E-state index contributed by atoms with van der Waals surface area (Å²) >= 11 is 0. The third-order valence-corrected chi connectivity index (χ3v) is 13.2. The van der Waals surface area contributed by atoms with Crippen LogP contribution in [-0.4, -0.2) is 88.2 Å². The Labute approximate surface area is 262 Å². The standard InChI is InChI=1S/C35H55NO8/c1-18-6-9-26(36-16-18)19(2)29-27(42-20(3)38)15-25-23-8-7-21-14-22(10-12-34(21,4)24(23)11-13-35(25,29)5)43-33-32(41)31(40)30(39)28(17-37)44-33/h7,18-19,22-25,27-33,37,39-41H,6,8-17H2,1-5H3. The van der Waals surface area contributed by atoms with Gasteiger partial charge >= 0.3 is 5.97 Å². The molecule has 0 radical (unpaired) electrons. The molecule has 0 aromatic rings. The Morgan fingerprint density at radius 2 is 1.89 bits per heavy atom. The van der Waals surface area contributed by atoms with Crippen LogP contribution >= 0.6 is 0 Å². The summed E-state index contributed by atoms with van der Waals surface area (Å²) in [5.41, 5.74) is 2.89. The number of hydrogen-bond acceptors (Lipinski definition) is 9. The Bertz CT molecular complexity index is 1140. The van der Waals surface area contributed by atoms with Gasteiger partial charge in [0.15, 0.2) is 6.29 Å². The first-order valence-electron chi connectivity index (χ1n) is 17.2. The number of aliphatic hydroxyl groups excluding tert-OH is 4. The third kappa shape index (κ3) is 5.51. The van der Waals surface area contributed by atoms with Crippen molar-refractivity contribution in [2.45, 2.75) is 135 Å². The molecule has 0 aromatic heterocycles. The maximum atomic E-state index is 12.3. The van der Waals surface area contributed by atoms with Crippen LogP contribution in [0.4, 0.5) is 0 Å². The first kappa shape index (κ1) is 32.6. The number of carbonyl (C=O) groups is 1. The SMILES string of the molecule is CC(=O)OC1CC2C3CC=C4CC(OC5OC(CO)C(O)C(O)C5O)CCC4(C)C3CCC2(C)C1C(C)C1=NCC(C)CC1. The second-order valence-corrected chi connectivity index (χ2v) is 15.7. The molecule has 15 unspecified atom stereocenters. The molecule has 6 rings (SSSR count). The Hall–Kier alpha value is -1.36. The molecular weight excluding hydrogens is 562 g/mol. The summed E-state index contributed by atoms with van der Waals surface area (Å²) in [7, 11) is 0. The first-order chi connectivity index (χ1) is 20.9. The van der Waals surface area contributed by atoms with Gasteiger partial charge in [-0.15, -0.1) is 0 Å². The molecule has 248 valence electrons. The molecule has 0 amide bonds. The van der Waals surface area contributed by atoms with Crippen LogP contribution in [0.5, 0.6) is 0 Å². The highest BCUT2D eigenvalue weighted by Gasteiger charge is 2.63. The molecule has 1 saturated heterocycles. The van der Waals surface area contributed by atoms with E-state index in [4.69, 9.17) is 19.2 Å². The monoisotopic (exact) mass is 617 g/mol. The Morgan fingerprint density at radius 1 is 1.11 bits per heavy atom. The van der Waals surface area contributed by atoms with E-state index in [0.29, 0.717) is 29.6 Å². The lowest BCUT2D eigenvalue weighted by atomic mass is 9.47. The number of aliphatic hydroxyl groups is 4. The fourth-order valence-corrected chi connectivity index (χ4v) is 10.8. The zero-order chi connectivity index (χ0) is 31.6. The smallest absolute Gasteiger partial charge is 0.302 e. The highest BCUT2D eigenvalue weighted by atomic mass is 16.7. The topological polar surface area (TPSA) is 138 Å². The maximum absolute atomic E-state index is 12.3. The van der Waals surface area contributed by atoms with Gasteiger partial charge in [-0.2, -0.15) is 0 Å². The van der Waals surface area contributed by atoms with Crippen LogP contribution in [0.1, 0.15) is 92.4 Å². The van der Waals surface area contributed by atoms with Gasteiger partial charge in [-0.25, -0.2) is 0 Å². The average Bonchev–Trinajstić information content (AvgIpc) is 3.28. The van der Waals surface area contributed by atoms with Crippen LogP contribution in [0, 0.1) is 46.3 Å². The molecule has 4 fully saturated rings. The summed E-state index contributed by atoms with van der Waals surface area (Å²) in [4.78, 5) is 17.4. The van der Waals surface area contributed by atoms with Crippen molar-refractivity contribution in [1.82, 2.24) is 0 Å². The molecule has 4 N–H and O–H groups in total. The van der Waals surface area contributed by atoms with Crippen molar-refractivity contribution in [2.24, 2.45) is 51.3 Å². The van der Waals surface area contributed by atoms with Crippen LogP contribution in [0.2, 0.25) is 0 Å². The van der Waals surface area contributed by atoms with E-state index in [2.05, 4.69) is 33.8 Å². The van der Waals surface area contributed by atoms with Gasteiger partial charge in [-0.3, -0.25) is 9.79 Å². The van der Waals surface area contributed by atoms with E-state index in [0.717, 1.165) is 57.9 Å². The maximum Gasteiger partial charge on any atom is 0.302 e. The molecule has 6 aliphatic rings. The van der Waals surface area contributed by atoms with Crippen LogP contribution in [0.3, 0.4) is 0 Å². The molecule has 44 heavy (non-hydrogen) atoms. The Morgan fingerprint density at radius 3 is 2.57 bits per heavy atom. The van der Waals surface area contributed by atoms with Crippen molar-refractivity contribution in [3.8, 4) is 0 Å². The van der Waals surface area contributed by atoms with Crippen LogP contribution < -0.4 is 0 Å². The van der Waals surface area contributed by atoms with Gasteiger partial charge in [0.1, 0.15) is 30.5 Å². The molecule has 9 heteroatoms. The lowest BCUT2D eigenvalue weighted by molar-refractivity contribution is -0.313. The quantitative estimate of drug-likeness (QED) is 0.261. The fraction of sp³-hybridized carbons (Fsp3) is 0.886. The number of aliphatic imine (C=N–C) groups is 1. The number of hydrogen-bond donors (Lipinski definition) is 4. The Balaban J connectivity index is 1.20. The summed E-state index contributed by atoms with van der Waals surface area (Å²) in [6.07, 6.45) is 4.89. The molecule has 2 heterocycles. The highest BCUT2D eigenvalue weighted by molar-refractivity contribution is 5.87. The van der Waals surface area contributed by atoms with Gasteiger partial charge in [-0.05, 0) is 92.3 Å². The van der Waals surface area contributed by atoms with E-state index in [1.807, 2.05) is 0 Å². The summed E-state index contributed by atoms with van der Waals surface area (Å²) in [6.45, 7) is 11.5. The number of carbonyl (C=O) groups excluding carboxylic acids is 1. The largest absolute Gasteiger partial charge is 0.462 e. The van der Waals surface area contributed by atoms with E-state index < -0.39 is 37.3 Å². The number of rotatable bonds is 6. The van der Waals surface area contributed by atoms with E-state index in [1.165, 1.54) is 17.7 Å². The van der Waals surface area contributed by atoms with Gasteiger partial charge in [0.05, 0.1) is 12.7 Å². The molecule has 15 atom stereocenters. The van der Waals surface area contributed by atoms with E-state index >= 15 is 0 Å². The van der Waals surface area contributed by atoms with Crippen molar-refractivity contribution in [1.29, 1.82) is 0 Å². The first-order valence-corrected chi connectivity index (χ1v) is 17.2. The predicted octanol–water partition coefficient (Wildman–Crippen LogP) is 3.80. The number of fused-ring (bicyclic) bond motifs is 5. The number of esters is 1. The number of nitrogens with zero attached hydrogens (tertiary/aromatic N) is 1. The molecule has 2 aliphatic heterocycles.